The molecule has 2 aromatic carbocycles. The zero-order chi connectivity index (χ0) is 19.4. The average Bonchev–Trinajstić information content (AvgIpc) is 2.75. The number of methoxy groups -OCH3 is 1. The van der Waals surface area contributed by atoms with E-state index >= 15 is 0 Å². The summed E-state index contributed by atoms with van der Waals surface area (Å²) in [6.07, 6.45) is 0. The predicted molar refractivity (Wildman–Crippen MR) is 111 cm³/mol. The molecule has 0 aliphatic carbocycles. The molecule has 2 N–H and O–H groups in total. The topological polar surface area (TPSA) is 68.2 Å². The third-order valence-corrected chi connectivity index (χ3v) is 6.70. The largest absolute Gasteiger partial charge is 0.496 e. The van der Waals surface area contributed by atoms with Crippen LogP contribution in [0.4, 0.5) is 0 Å². The fourth-order valence-electron chi connectivity index (χ4n) is 2.94. The Morgan fingerprint density at radius 2 is 1.58 bits per heavy atom. The maximum atomic E-state index is 9.63. The lowest BCUT2D eigenvalue weighted by atomic mass is 9.73. The van der Waals surface area contributed by atoms with Gasteiger partial charge >= 0.3 is 14.2 Å². The molecule has 0 unspecified atom stereocenters. The van der Waals surface area contributed by atoms with Crippen molar-refractivity contribution in [3.05, 3.63) is 27.1 Å². The average molecular weight is 486 g/mol. The van der Waals surface area contributed by atoms with E-state index in [4.69, 9.17) is 14.0 Å². The fraction of sp³-hybridized carbons (Fsp3) is 0.412. The van der Waals surface area contributed by atoms with Crippen LogP contribution in [0.15, 0.2) is 27.1 Å². The summed E-state index contributed by atoms with van der Waals surface area (Å²) in [4.78, 5) is 0. The summed E-state index contributed by atoms with van der Waals surface area (Å²) in [6.45, 7) is 8.01. The second kappa shape index (κ2) is 6.79. The van der Waals surface area contributed by atoms with Crippen LogP contribution >= 0.6 is 31.9 Å². The lowest BCUT2D eigenvalue weighted by Gasteiger charge is -2.32. The molecule has 9 heteroatoms. The van der Waals surface area contributed by atoms with Crippen molar-refractivity contribution < 1.29 is 24.1 Å². The van der Waals surface area contributed by atoms with Gasteiger partial charge in [-0.1, -0.05) is 22.0 Å². The number of rotatable bonds is 3. The predicted octanol–water partition coefficient (Wildman–Crippen LogP) is 2.35. The van der Waals surface area contributed by atoms with Gasteiger partial charge in [-0.15, -0.1) is 0 Å². The second-order valence-electron chi connectivity index (χ2n) is 7.36. The molecule has 3 rings (SSSR count). The number of halogens is 2. The van der Waals surface area contributed by atoms with Crippen molar-refractivity contribution in [3.63, 3.8) is 0 Å². The Hall–Kier alpha value is -0.570. The summed E-state index contributed by atoms with van der Waals surface area (Å²) in [7, 11) is -0.575. The molecule has 0 atom stereocenters. The van der Waals surface area contributed by atoms with Crippen molar-refractivity contribution in [2.24, 2.45) is 0 Å². The molecule has 138 valence electrons. The van der Waals surface area contributed by atoms with Gasteiger partial charge in [-0.05, 0) is 77.5 Å². The first kappa shape index (κ1) is 20.2. The summed E-state index contributed by atoms with van der Waals surface area (Å²) in [6, 6.07) is 5.44. The van der Waals surface area contributed by atoms with Crippen molar-refractivity contribution >= 4 is 67.8 Å². The maximum absolute atomic E-state index is 9.63. The highest BCUT2D eigenvalue weighted by Gasteiger charge is 2.52. The Morgan fingerprint density at radius 3 is 2.08 bits per heavy atom. The standard InChI is InChI=1S/C17H20B2Br2O5/c1-16(2)17(3,4)26-19(25-16)11-8-14(24-5)15(21)10-6-12(18(22)23)13(20)7-9(10)11/h6-8,22-23H,1-5H3. The van der Waals surface area contributed by atoms with Gasteiger partial charge in [-0.3, -0.25) is 0 Å². The van der Waals surface area contributed by atoms with Crippen molar-refractivity contribution in [1.82, 2.24) is 0 Å². The third-order valence-electron chi connectivity index (χ3n) is 5.19. The van der Waals surface area contributed by atoms with E-state index in [9.17, 15) is 10.0 Å². The van der Waals surface area contributed by atoms with E-state index in [1.165, 1.54) is 0 Å². The molecule has 0 radical (unpaired) electrons. The van der Waals surface area contributed by atoms with Gasteiger partial charge in [0.25, 0.3) is 0 Å². The molecule has 0 aromatic heterocycles. The van der Waals surface area contributed by atoms with Crippen LogP contribution in [0.5, 0.6) is 5.75 Å². The molecule has 0 bridgehead atoms. The molecule has 0 saturated carbocycles. The monoisotopic (exact) mass is 484 g/mol. The normalized spacial score (nSPS) is 18.4. The van der Waals surface area contributed by atoms with E-state index in [2.05, 4.69) is 31.9 Å². The Kier molecular flexibility index (Phi) is 5.27. The van der Waals surface area contributed by atoms with Crippen molar-refractivity contribution in [2.45, 2.75) is 38.9 Å². The summed E-state index contributed by atoms with van der Waals surface area (Å²) in [5.74, 6) is 0.614. The minimum Gasteiger partial charge on any atom is -0.496 e. The van der Waals surface area contributed by atoms with Crippen molar-refractivity contribution in [3.8, 4) is 5.75 Å². The number of ether oxygens (including phenoxy) is 1. The van der Waals surface area contributed by atoms with Gasteiger partial charge in [0, 0.05) is 4.47 Å². The fourth-order valence-corrected chi connectivity index (χ4v) is 4.09. The van der Waals surface area contributed by atoms with Gasteiger partial charge in [0.05, 0.1) is 22.8 Å². The summed E-state index contributed by atoms with van der Waals surface area (Å²) in [5.41, 5.74) is 0.246. The second-order valence-corrected chi connectivity index (χ2v) is 9.01. The highest BCUT2D eigenvalue weighted by molar-refractivity contribution is 9.11. The quantitative estimate of drug-likeness (QED) is 0.654. The van der Waals surface area contributed by atoms with E-state index in [0.717, 1.165) is 20.7 Å². The Labute approximate surface area is 170 Å². The number of hydrogen-bond donors (Lipinski definition) is 2. The van der Waals surface area contributed by atoms with Gasteiger partial charge in [-0.25, -0.2) is 0 Å². The van der Waals surface area contributed by atoms with Gasteiger partial charge in [0.1, 0.15) is 5.75 Å². The van der Waals surface area contributed by atoms with E-state index < -0.39 is 25.4 Å². The highest BCUT2D eigenvalue weighted by Crippen LogP contribution is 2.39. The van der Waals surface area contributed by atoms with Crippen LogP contribution in [0.3, 0.4) is 0 Å². The third kappa shape index (κ3) is 3.23. The molecule has 1 aliphatic rings. The molecular weight excluding hydrogens is 466 g/mol. The van der Waals surface area contributed by atoms with E-state index in [1.807, 2.05) is 39.8 Å². The molecule has 0 spiro atoms. The lowest BCUT2D eigenvalue weighted by Crippen LogP contribution is -2.41. The molecule has 1 saturated heterocycles. The van der Waals surface area contributed by atoms with Crippen molar-refractivity contribution in [1.29, 1.82) is 0 Å². The first-order valence-electron chi connectivity index (χ1n) is 8.20. The minimum atomic E-state index is -1.59. The summed E-state index contributed by atoms with van der Waals surface area (Å²) < 4.78 is 19.2. The highest BCUT2D eigenvalue weighted by atomic mass is 79.9. The van der Waals surface area contributed by atoms with Gasteiger partial charge in [-0.2, -0.15) is 0 Å². The van der Waals surface area contributed by atoms with E-state index in [0.29, 0.717) is 15.7 Å². The SMILES string of the molecule is COc1cc(B2OC(C)(C)C(C)(C)O2)c2cc(Br)c(B(O)O)cc2c1Br. The number of hydrogen-bond acceptors (Lipinski definition) is 5. The number of fused-ring (bicyclic) bond motifs is 1. The van der Waals surface area contributed by atoms with Crippen LogP contribution in [0.1, 0.15) is 27.7 Å². The molecule has 26 heavy (non-hydrogen) atoms. The van der Waals surface area contributed by atoms with Crippen LogP contribution in [-0.2, 0) is 9.31 Å². The summed E-state index contributed by atoms with van der Waals surface area (Å²) >= 11 is 6.97. The minimum absolute atomic E-state index is 0.367. The molecule has 1 heterocycles. The first-order chi connectivity index (χ1) is 12.0. The van der Waals surface area contributed by atoms with Crippen LogP contribution < -0.4 is 15.7 Å². The van der Waals surface area contributed by atoms with Gasteiger partial charge < -0.3 is 24.1 Å². The van der Waals surface area contributed by atoms with E-state index in [-0.39, 0.29) is 0 Å². The molecule has 0 amide bonds. The Bertz CT molecular complexity index is 854. The first-order valence-corrected chi connectivity index (χ1v) is 9.78. The molecule has 1 aliphatic heterocycles. The van der Waals surface area contributed by atoms with Gasteiger partial charge in [0.2, 0.25) is 0 Å². The van der Waals surface area contributed by atoms with E-state index in [1.54, 1.807) is 13.2 Å². The molecule has 5 nitrogen and oxygen atoms in total. The smallest absolute Gasteiger partial charge is 0.495 e. The zero-order valence-corrected chi connectivity index (χ0v) is 18.4. The Morgan fingerprint density at radius 1 is 1.00 bits per heavy atom. The maximum Gasteiger partial charge on any atom is 0.495 e. The van der Waals surface area contributed by atoms with Crippen LogP contribution in [0, 0.1) is 0 Å². The molecule has 2 aromatic rings. The summed E-state index contributed by atoms with van der Waals surface area (Å²) in [5, 5.41) is 20.9. The molecule has 1 fully saturated rings. The lowest BCUT2D eigenvalue weighted by molar-refractivity contribution is 0.00578. The van der Waals surface area contributed by atoms with Crippen LogP contribution in [-0.4, -0.2) is 42.6 Å². The Balaban J connectivity index is 2.26. The molecular formula is C17H20B2Br2O5. The zero-order valence-electron chi connectivity index (χ0n) is 15.3. The van der Waals surface area contributed by atoms with Crippen LogP contribution in [0.25, 0.3) is 10.8 Å². The van der Waals surface area contributed by atoms with Crippen molar-refractivity contribution in [2.75, 3.05) is 7.11 Å². The van der Waals surface area contributed by atoms with Crippen LogP contribution in [0.2, 0.25) is 0 Å². The van der Waals surface area contributed by atoms with Gasteiger partial charge in [0.15, 0.2) is 0 Å². The number of benzene rings is 2.